The van der Waals surface area contributed by atoms with E-state index in [-0.39, 0.29) is 30.5 Å². The number of alkyl halides is 2. The number of urea groups is 1. The molecule has 0 atom stereocenters. The van der Waals surface area contributed by atoms with E-state index in [1.807, 2.05) is 0 Å². The van der Waals surface area contributed by atoms with Gasteiger partial charge < -0.3 is 25.4 Å². The Labute approximate surface area is 161 Å². The van der Waals surface area contributed by atoms with Crippen molar-refractivity contribution >= 4 is 11.9 Å². The molecule has 0 fully saturated rings. The number of benzene rings is 2. The number of carbonyl (C=O) groups is 2. The Balaban J connectivity index is 2.04. The first kappa shape index (κ1) is 20.9. The second-order valence-electron chi connectivity index (χ2n) is 5.94. The zero-order chi connectivity index (χ0) is 20.7. The smallest absolute Gasteiger partial charge is 0.387 e. The number of carbonyl (C=O) groups excluding carboxylic acids is 2. The molecular formula is C19H21F2N3O4. The lowest BCUT2D eigenvalue weighted by Crippen LogP contribution is -2.28. The van der Waals surface area contributed by atoms with E-state index in [2.05, 4.69) is 10.1 Å². The van der Waals surface area contributed by atoms with Crippen molar-refractivity contribution in [3.05, 3.63) is 59.2 Å². The Morgan fingerprint density at radius 2 is 1.75 bits per heavy atom. The van der Waals surface area contributed by atoms with Crippen LogP contribution in [0.1, 0.15) is 21.5 Å². The monoisotopic (exact) mass is 393 g/mol. The summed E-state index contributed by atoms with van der Waals surface area (Å²) in [5.41, 5.74) is 6.98. The lowest BCUT2D eigenvalue weighted by atomic mass is 10.1. The summed E-state index contributed by atoms with van der Waals surface area (Å²) >= 11 is 0. The number of nitrogens with one attached hydrogen (secondary N) is 1. The Hall–Kier alpha value is -3.36. The minimum Gasteiger partial charge on any atom is -0.493 e. The minimum absolute atomic E-state index is 0.0737. The number of halogens is 2. The molecule has 9 heteroatoms. The van der Waals surface area contributed by atoms with Crippen LogP contribution in [-0.4, -0.2) is 37.6 Å². The number of primary amides is 1. The molecule has 0 aliphatic carbocycles. The molecule has 0 aliphatic rings. The van der Waals surface area contributed by atoms with Crippen LogP contribution >= 0.6 is 0 Å². The van der Waals surface area contributed by atoms with E-state index in [0.717, 1.165) is 5.56 Å². The Morgan fingerprint density at radius 1 is 1.11 bits per heavy atom. The molecule has 0 unspecified atom stereocenters. The highest BCUT2D eigenvalue weighted by molar-refractivity contribution is 5.94. The molecule has 3 N–H and O–H groups in total. The maximum atomic E-state index is 12.6. The summed E-state index contributed by atoms with van der Waals surface area (Å²) in [6, 6.07) is 10.6. The summed E-state index contributed by atoms with van der Waals surface area (Å²) in [5, 5.41) is 2.47. The predicted molar refractivity (Wildman–Crippen MR) is 98.3 cm³/mol. The van der Waals surface area contributed by atoms with Crippen molar-refractivity contribution in [1.29, 1.82) is 0 Å². The molecule has 150 valence electrons. The number of amides is 3. The van der Waals surface area contributed by atoms with Crippen molar-refractivity contribution in [2.45, 2.75) is 19.7 Å². The van der Waals surface area contributed by atoms with Crippen LogP contribution in [-0.2, 0) is 13.1 Å². The van der Waals surface area contributed by atoms with Crippen LogP contribution in [0.5, 0.6) is 11.5 Å². The molecule has 0 aromatic heterocycles. The summed E-state index contributed by atoms with van der Waals surface area (Å²) in [6.45, 7) is -2.44. The van der Waals surface area contributed by atoms with Gasteiger partial charge in [0.1, 0.15) is 0 Å². The number of methoxy groups -OCH3 is 1. The van der Waals surface area contributed by atoms with Crippen LogP contribution in [0, 0.1) is 0 Å². The molecule has 0 spiro atoms. The fourth-order valence-corrected chi connectivity index (χ4v) is 2.52. The quantitative estimate of drug-likeness (QED) is 0.721. The van der Waals surface area contributed by atoms with Crippen LogP contribution in [0.2, 0.25) is 0 Å². The van der Waals surface area contributed by atoms with Gasteiger partial charge in [-0.15, -0.1) is 0 Å². The Morgan fingerprint density at radius 3 is 2.32 bits per heavy atom. The van der Waals surface area contributed by atoms with Gasteiger partial charge in [-0.25, -0.2) is 4.79 Å². The number of ether oxygens (including phenoxy) is 2. The normalized spacial score (nSPS) is 10.5. The van der Waals surface area contributed by atoms with Crippen LogP contribution in [0.4, 0.5) is 13.6 Å². The van der Waals surface area contributed by atoms with Crippen LogP contribution in [0.25, 0.3) is 0 Å². The van der Waals surface area contributed by atoms with Crippen molar-refractivity contribution in [2.24, 2.45) is 5.73 Å². The van der Waals surface area contributed by atoms with Gasteiger partial charge in [0.25, 0.3) is 5.91 Å². The third-order valence-electron chi connectivity index (χ3n) is 3.88. The molecule has 2 aromatic rings. The number of hydrogen-bond donors (Lipinski definition) is 2. The van der Waals surface area contributed by atoms with E-state index in [9.17, 15) is 18.4 Å². The number of rotatable bonds is 8. The number of hydrogen-bond acceptors (Lipinski definition) is 4. The van der Waals surface area contributed by atoms with Gasteiger partial charge in [-0.05, 0) is 35.4 Å². The highest BCUT2D eigenvalue weighted by Crippen LogP contribution is 2.29. The van der Waals surface area contributed by atoms with Crippen molar-refractivity contribution in [3.8, 4) is 11.5 Å². The van der Waals surface area contributed by atoms with Crippen LogP contribution in [0.3, 0.4) is 0 Å². The second kappa shape index (κ2) is 9.54. The summed E-state index contributed by atoms with van der Waals surface area (Å²) < 4.78 is 34.3. The van der Waals surface area contributed by atoms with E-state index in [1.165, 1.54) is 18.1 Å². The molecule has 0 saturated carbocycles. The zero-order valence-corrected chi connectivity index (χ0v) is 15.4. The summed E-state index contributed by atoms with van der Waals surface area (Å²) in [4.78, 5) is 24.8. The number of nitrogens with zero attached hydrogens (tertiary/aromatic N) is 1. The maximum Gasteiger partial charge on any atom is 0.387 e. The SMILES string of the molecule is COc1cc(CN(C)C(=O)c2ccc(CNC(N)=O)cc2)ccc1OC(F)F. The summed E-state index contributed by atoms with van der Waals surface area (Å²) in [5.74, 6) is -0.137. The summed E-state index contributed by atoms with van der Waals surface area (Å²) in [7, 11) is 2.97. The van der Waals surface area contributed by atoms with Gasteiger partial charge in [0.15, 0.2) is 11.5 Å². The van der Waals surface area contributed by atoms with Gasteiger partial charge in [0.2, 0.25) is 0 Å². The summed E-state index contributed by atoms with van der Waals surface area (Å²) in [6.07, 6.45) is 0. The van der Waals surface area contributed by atoms with Crippen LogP contribution in [0.15, 0.2) is 42.5 Å². The third kappa shape index (κ3) is 5.83. The van der Waals surface area contributed by atoms with Gasteiger partial charge in [0, 0.05) is 25.7 Å². The van der Waals surface area contributed by atoms with Crippen molar-refractivity contribution in [2.75, 3.05) is 14.2 Å². The van der Waals surface area contributed by atoms with Crippen molar-refractivity contribution in [1.82, 2.24) is 10.2 Å². The number of nitrogens with two attached hydrogens (primary N) is 1. The molecule has 2 rings (SSSR count). The highest BCUT2D eigenvalue weighted by atomic mass is 19.3. The zero-order valence-electron chi connectivity index (χ0n) is 15.4. The first-order valence-corrected chi connectivity index (χ1v) is 8.29. The second-order valence-corrected chi connectivity index (χ2v) is 5.94. The molecule has 0 aliphatic heterocycles. The van der Waals surface area contributed by atoms with Gasteiger partial charge in [0.05, 0.1) is 7.11 Å². The average molecular weight is 393 g/mol. The molecule has 2 aromatic carbocycles. The van der Waals surface area contributed by atoms with Gasteiger partial charge >= 0.3 is 12.6 Å². The fraction of sp³-hybridized carbons (Fsp3) is 0.263. The highest BCUT2D eigenvalue weighted by Gasteiger charge is 2.15. The molecule has 7 nitrogen and oxygen atoms in total. The van der Waals surface area contributed by atoms with Crippen LogP contribution < -0.4 is 20.5 Å². The van der Waals surface area contributed by atoms with Crippen molar-refractivity contribution in [3.63, 3.8) is 0 Å². The predicted octanol–water partition coefficient (Wildman–Crippen LogP) is 2.74. The average Bonchev–Trinajstić information content (AvgIpc) is 2.66. The van der Waals surface area contributed by atoms with E-state index >= 15 is 0 Å². The van der Waals surface area contributed by atoms with Gasteiger partial charge in [-0.2, -0.15) is 8.78 Å². The molecule has 0 radical (unpaired) electrons. The Kier molecular flexibility index (Phi) is 7.14. The third-order valence-corrected chi connectivity index (χ3v) is 3.88. The Bertz CT molecular complexity index is 828. The van der Waals surface area contributed by atoms with E-state index in [4.69, 9.17) is 10.5 Å². The largest absolute Gasteiger partial charge is 0.493 e. The molecule has 28 heavy (non-hydrogen) atoms. The van der Waals surface area contributed by atoms with E-state index < -0.39 is 12.6 Å². The fourth-order valence-electron chi connectivity index (χ4n) is 2.52. The van der Waals surface area contributed by atoms with Crippen molar-refractivity contribution < 1.29 is 27.8 Å². The first-order chi connectivity index (χ1) is 13.3. The standard InChI is InChI=1S/C19H21F2N3O4/c1-24(11-13-5-8-15(28-18(20)21)16(9-13)27-2)17(25)14-6-3-12(4-7-14)10-23-19(22)26/h3-9,18H,10-11H2,1-2H3,(H3,22,23,26). The lowest BCUT2D eigenvalue weighted by Gasteiger charge is -2.19. The molecular weight excluding hydrogens is 372 g/mol. The maximum absolute atomic E-state index is 12.6. The lowest BCUT2D eigenvalue weighted by molar-refractivity contribution is -0.0512. The van der Waals surface area contributed by atoms with E-state index in [1.54, 1.807) is 43.4 Å². The molecule has 0 heterocycles. The van der Waals surface area contributed by atoms with Gasteiger partial charge in [-0.3, -0.25) is 4.79 Å². The first-order valence-electron chi connectivity index (χ1n) is 8.29. The topological polar surface area (TPSA) is 93.9 Å². The van der Waals surface area contributed by atoms with Gasteiger partial charge in [-0.1, -0.05) is 18.2 Å². The molecule has 3 amide bonds. The molecule has 0 bridgehead atoms. The minimum atomic E-state index is -2.95. The molecule has 0 saturated heterocycles. The van der Waals surface area contributed by atoms with E-state index in [0.29, 0.717) is 11.1 Å².